The van der Waals surface area contributed by atoms with Crippen LogP contribution in [0.4, 0.5) is 0 Å². The van der Waals surface area contributed by atoms with Gasteiger partial charge in [0, 0.05) is 37.4 Å². The van der Waals surface area contributed by atoms with Gasteiger partial charge in [-0.3, -0.25) is 28.8 Å². The number of hydrogen-bond donors (Lipinski definition) is 6. The van der Waals surface area contributed by atoms with Gasteiger partial charge < -0.3 is 36.0 Å². The summed E-state index contributed by atoms with van der Waals surface area (Å²) in [7, 11) is 1.41. The predicted molar refractivity (Wildman–Crippen MR) is 193 cm³/mol. The van der Waals surface area contributed by atoms with Gasteiger partial charge in [-0.2, -0.15) is 0 Å². The van der Waals surface area contributed by atoms with E-state index in [1.165, 1.54) is 13.1 Å². The SMILES string of the molecule is Cn1c(=O)c(C(=O)NCC(=O)O)c(O)c2cc(CNC(=O)[C@H](Cc3ccccc3)NC(=O)[C@H](Cc3ccccc3)NC(=O)c3ccccc3)ccc21. The molecule has 1 aromatic heterocycles. The zero-order valence-corrected chi connectivity index (χ0v) is 28.2. The van der Waals surface area contributed by atoms with Gasteiger partial charge in [-0.25, -0.2) is 0 Å². The number of fused-ring (bicyclic) bond motifs is 1. The maximum Gasteiger partial charge on any atom is 0.322 e. The summed E-state index contributed by atoms with van der Waals surface area (Å²) in [5.41, 5.74) is 1.31. The van der Waals surface area contributed by atoms with Crippen LogP contribution >= 0.6 is 0 Å². The molecule has 5 aromatic rings. The van der Waals surface area contributed by atoms with Gasteiger partial charge in [-0.05, 0) is 41.0 Å². The van der Waals surface area contributed by atoms with E-state index >= 15 is 0 Å². The van der Waals surface area contributed by atoms with Crippen LogP contribution < -0.4 is 26.8 Å². The molecular formula is C39H37N5O8. The number of nitrogens with one attached hydrogen (secondary N) is 4. The highest BCUT2D eigenvalue weighted by atomic mass is 16.4. The molecule has 1 heterocycles. The fourth-order valence-electron chi connectivity index (χ4n) is 5.67. The van der Waals surface area contributed by atoms with Gasteiger partial charge in [0.15, 0.2) is 0 Å². The van der Waals surface area contributed by atoms with E-state index in [0.717, 1.165) is 15.7 Å². The van der Waals surface area contributed by atoms with Crippen LogP contribution in [0.3, 0.4) is 0 Å². The first-order valence-corrected chi connectivity index (χ1v) is 16.4. The van der Waals surface area contributed by atoms with Crippen LogP contribution in [0.5, 0.6) is 5.75 Å². The second kappa shape index (κ2) is 16.8. The van der Waals surface area contributed by atoms with Gasteiger partial charge >= 0.3 is 5.97 Å². The first-order valence-electron chi connectivity index (χ1n) is 16.4. The third kappa shape index (κ3) is 9.07. The van der Waals surface area contributed by atoms with Gasteiger partial charge in [-0.15, -0.1) is 0 Å². The molecule has 266 valence electrons. The molecule has 0 radical (unpaired) electrons. The molecular weight excluding hydrogens is 666 g/mol. The highest BCUT2D eigenvalue weighted by molar-refractivity contribution is 6.03. The number of carboxylic acid groups (broad SMARTS) is 1. The van der Waals surface area contributed by atoms with E-state index in [0.29, 0.717) is 16.6 Å². The number of aromatic hydroxyl groups is 1. The molecule has 52 heavy (non-hydrogen) atoms. The number of hydrogen-bond acceptors (Lipinski definition) is 7. The molecule has 0 aliphatic heterocycles. The molecule has 4 aromatic carbocycles. The number of carboxylic acids is 1. The Morgan fingerprint density at radius 1 is 0.673 bits per heavy atom. The summed E-state index contributed by atoms with van der Waals surface area (Å²) >= 11 is 0. The number of carbonyl (C=O) groups excluding carboxylic acids is 4. The smallest absolute Gasteiger partial charge is 0.322 e. The van der Waals surface area contributed by atoms with Crippen molar-refractivity contribution < 1.29 is 34.2 Å². The summed E-state index contributed by atoms with van der Waals surface area (Å²) in [6.45, 7) is -0.810. The highest BCUT2D eigenvalue weighted by Crippen LogP contribution is 2.27. The molecule has 4 amide bonds. The van der Waals surface area contributed by atoms with Crippen LogP contribution in [0.1, 0.15) is 37.4 Å². The zero-order valence-electron chi connectivity index (χ0n) is 28.2. The summed E-state index contributed by atoms with van der Waals surface area (Å²) in [6, 6.07) is 29.4. The Kier molecular flexibility index (Phi) is 11.8. The Balaban J connectivity index is 1.38. The van der Waals surface area contributed by atoms with E-state index in [1.807, 2.05) is 60.7 Å². The minimum atomic E-state index is -1.33. The van der Waals surface area contributed by atoms with Crippen molar-refractivity contribution in [3.05, 3.63) is 147 Å². The van der Waals surface area contributed by atoms with Gasteiger partial charge in [0.25, 0.3) is 17.4 Å². The van der Waals surface area contributed by atoms with E-state index in [2.05, 4.69) is 21.3 Å². The lowest BCUT2D eigenvalue weighted by atomic mass is 10.0. The molecule has 0 unspecified atom stereocenters. The van der Waals surface area contributed by atoms with Crippen LogP contribution in [0.15, 0.2) is 114 Å². The fourth-order valence-corrected chi connectivity index (χ4v) is 5.67. The summed E-state index contributed by atoms with van der Waals surface area (Å²) in [6.07, 6.45) is 0.308. The molecule has 2 atom stereocenters. The summed E-state index contributed by atoms with van der Waals surface area (Å²) in [5, 5.41) is 30.6. The normalized spacial score (nSPS) is 11.9. The van der Waals surface area contributed by atoms with Crippen molar-refractivity contribution in [1.29, 1.82) is 0 Å². The highest BCUT2D eigenvalue weighted by Gasteiger charge is 2.28. The molecule has 13 nitrogen and oxygen atoms in total. The van der Waals surface area contributed by atoms with Crippen molar-refractivity contribution in [2.75, 3.05) is 6.54 Å². The standard InChI is InChI=1S/C39H37N5O8/c1-44-31-18-17-26(19-28(31)34(47)33(39(44)52)38(51)41-23-32(45)46)22-40-36(49)29(20-24-11-5-2-6-12-24)43-37(50)30(21-25-13-7-3-8-14-25)42-35(48)27-15-9-4-10-16-27/h2-19,29-30,47H,20-23H2,1H3,(H,40,49)(H,41,51)(H,42,48)(H,43,50)(H,45,46)/t29-,30-/m0/s1. The van der Waals surface area contributed by atoms with E-state index in [-0.39, 0.29) is 24.8 Å². The van der Waals surface area contributed by atoms with Crippen molar-refractivity contribution in [1.82, 2.24) is 25.8 Å². The van der Waals surface area contributed by atoms with E-state index < -0.39 is 65.1 Å². The van der Waals surface area contributed by atoms with Gasteiger partial charge in [0.05, 0.1) is 5.52 Å². The van der Waals surface area contributed by atoms with Crippen molar-refractivity contribution in [3.63, 3.8) is 0 Å². The largest absolute Gasteiger partial charge is 0.506 e. The minimum absolute atomic E-state index is 0.0586. The quantitative estimate of drug-likeness (QED) is 0.101. The molecule has 0 bridgehead atoms. The van der Waals surface area contributed by atoms with E-state index in [4.69, 9.17) is 5.11 Å². The maximum absolute atomic E-state index is 13.9. The monoisotopic (exact) mass is 703 g/mol. The van der Waals surface area contributed by atoms with E-state index in [1.54, 1.807) is 42.5 Å². The second-order valence-electron chi connectivity index (χ2n) is 12.1. The average Bonchev–Trinajstić information content (AvgIpc) is 3.15. The number of rotatable bonds is 14. The molecule has 0 spiro atoms. The Morgan fingerprint density at radius 3 is 1.81 bits per heavy atom. The Bertz CT molecular complexity index is 2150. The number of aryl methyl sites for hydroxylation is 1. The van der Waals surface area contributed by atoms with Gasteiger partial charge in [-0.1, -0.05) is 84.9 Å². The number of pyridine rings is 1. The number of aromatic nitrogens is 1. The average molecular weight is 704 g/mol. The predicted octanol–water partition coefficient (Wildman–Crippen LogP) is 2.44. The van der Waals surface area contributed by atoms with E-state index in [9.17, 15) is 33.9 Å². The third-order valence-corrected chi connectivity index (χ3v) is 8.38. The molecule has 0 aliphatic rings. The summed E-state index contributed by atoms with van der Waals surface area (Å²) in [4.78, 5) is 77.2. The minimum Gasteiger partial charge on any atom is -0.506 e. The molecule has 13 heteroatoms. The number of nitrogens with zero attached hydrogens (tertiary/aromatic N) is 1. The lowest BCUT2D eigenvalue weighted by molar-refractivity contribution is -0.135. The van der Waals surface area contributed by atoms with Crippen LogP contribution in [0.2, 0.25) is 0 Å². The van der Waals surface area contributed by atoms with Crippen molar-refractivity contribution >= 4 is 40.5 Å². The number of amides is 4. The second-order valence-corrected chi connectivity index (χ2v) is 12.1. The van der Waals surface area contributed by atoms with Gasteiger partial charge in [0.2, 0.25) is 11.8 Å². The molecule has 6 N–H and O–H groups in total. The summed E-state index contributed by atoms with van der Waals surface area (Å²) in [5.74, 6) is -4.54. The molecule has 5 rings (SSSR count). The van der Waals surface area contributed by atoms with Crippen LogP contribution in [0, 0.1) is 0 Å². The zero-order chi connectivity index (χ0) is 37.2. The topological polar surface area (TPSA) is 196 Å². The summed E-state index contributed by atoms with van der Waals surface area (Å²) < 4.78 is 1.15. The molecule has 0 fully saturated rings. The first-order chi connectivity index (χ1) is 25.0. The lowest BCUT2D eigenvalue weighted by Crippen LogP contribution is -2.55. The van der Waals surface area contributed by atoms with Crippen molar-refractivity contribution in [2.24, 2.45) is 7.05 Å². The van der Waals surface area contributed by atoms with Gasteiger partial charge in [0.1, 0.15) is 29.9 Å². The Hall–Kier alpha value is -6.76. The third-order valence-electron chi connectivity index (χ3n) is 8.38. The Morgan fingerprint density at radius 2 is 1.23 bits per heavy atom. The van der Waals surface area contributed by atoms with Crippen molar-refractivity contribution in [2.45, 2.75) is 31.5 Å². The maximum atomic E-state index is 13.9. The van der Waals surface area contributed by atoms with Crippen molar-refractivity contribution in [3.8, 4) is 5.75 Å². The number of carbonyl (C=O) groups is 5. The van der Waals surface area contributed by atoms with Crippen LogP contribution in [-0.4, -0.2) is 63.0 Å². The fraction of sp³-hybridized carbons (Fsp3) is 0.179. The molecule has 0 saturated heterocycles. The molecule has 0 saturated carbocycles. The van der Waals surface area contributed by atoms with Crippen LogP contribution in [-0.2, 0) is 40.8 Å². The lowest BCUT2D eigenvalue weighted by Gasteiger charge is -2.24. The number of benzene rings is 4. The molecule has 0 aliphatic carbocycles. The first kappa shape index (κ1) is 36.5. The number of aliphatic carboxylic acids is 1. The Labute approximate surface area is 298 Å². The van der Waals surface area contributed by atoms with Crippen LogP contribution in [0.25, 0.3) is 10.9 Å².